The maximum absolute atomic E-state index is 4.71. The molecule has 1 aromatic heterocycles. The maximum atomic E-state index is 4.71. The normalized spacial score (nSPS) is 15.3. The van der Waals surface area contributed by atoms with Gasteiger partial charge in [0.25, 0.3) is 0 Å². The second kappa shape index (κ2) is 5.41. The molecule has 3 nitrogen and oxygen atoms in total. The van der Waals surface area contributed by atoms with Crippen molar-refractivity contribution in [3.05, 3.63) is 47.5 Å². The second-order valence-corrected chi connectivity index (χ2v) is 5.02. The number of para-hydroxylation sites is 1. The second-order valence-electron chi connectivity index (χ2n) is 5.02. The zero-order valence-corrected chi connectivity index (χ0v) is 11.2. The molecule has 0 unspecified atom stereocenters. The number of aryl methyl sites for hydroxylation is 1. The Morgan fingerprint density at radius 3 is 3.05 bits per heavy atom. The van der Waals surface area contributed by atoms with Crippen molar-refractivity contribution < 1.29 is 0 Å². The van der Waals surface area contributed by atoms with Crippen molar-refractivity contribution >= 4 is 16.7 Å². The van der Waals surface area contributed by atoms with Crippen molar-refractivity contribution in [3.63, 3.8) is 0 Å². The molecule has 0 saturated heterocycles. The fourth-order valence-electron chi connectivity index (χ4n) is 2.43. The van der Waals surface area contributed by atoms with Crippen molar-refractivity contribution in [2.45, 2.75) is 13.3 Å². The SMILES string of the molecule is Cc1cc2ccccc2nc1NCC1=CCNCC1. The lowest BCUT2D eigenvalue weighted by Gasteiger charge is -2.16. The third-order valence-electron chi connectivity index (χ3n) is 3.56. The highest BCUT2D eigenvalue weighted by molar-refractivity contribution is 5.81. The molecule has 0 spiro atoms. The average Bonchev–Trinajstić information content (AvgIpc) is 2.46. The first-order chi connectivity index (χ1) is 9.33. The van der Waals surface area contributed by atoms with Crippen LogP contribution in [0.3, 0.4) is 0 Å². The van der Waals surface area contributed by atoms with E-state index in [1.54, 1.807) is 0 Å². The van der Waals surface area contributed by atoms with E-state index in [9.17, 15) is 0 Å². The van der Waals surface area contributed by atoms with Crippen molar-refractivity contribution in [1.82, 2.24) is 10.3 Å². The fraction of sp³-hybridized carbons (Fsp3) is 0.312. The van der Waals surface area contributed by atoms with Crippen LogP contribution in [0.1, 0.15) is 12.0 Å². The van der Waals surface area contributed by atoms with Gasteiger partial charge in [-0.2, -0.15) is 0 Å². The Morgan fingerprint density at radius 1 is 1.32 bits per heavy atom. The summed E-state index contributed by atoms with van der Waals surface area (Å²) in [6.45, 7) is 5.07. The monoisotopic (exact) mass is 253 g/mol. The van der Waals surface area contributed by atoms with Gasteiger partial charge in [-0.3, -0.25) is 0 Å². The molecule has 0 bridgehead atoms. The lowest BCUT2D eigenvalue weighted by atomic mass is 10.1. The van der Waals surface area contributed by atoms with Crippen LogP contribution in [-0.2, 0) is 0 Å². The van der Waals surface area contributed by atoms with Crippen LogP contribution in [0.15, 0.2) is 42.0 Å². The molecule has 0 amide bonds. The highest BCUT2D eigenvalue weighted by atomic mass is 15.0. The summed E-state index contributed by atoms with van der Waals surface area (Å²) >= 11 is 0. The number of benzene rings is 1. The Balaban J connectivity index is 1.80. The van der Waals surface area contributed by atoms with E-state index in [-0.39, 0.29) is 0 Å². The van der Waals surface area contributed by atoms with Gasteiger partial charge >= 0.3 is 0 Å². The number of pyridine rings is 1. The Kier molecular flexibility index (Phi) is 3.47. The molecule has 0 aliphatic carbocycles. The quantitative estimate of drug-likeness (QED) is 0.826. The van der Waals surface area contributed by atoms with E-state index in [0.717, 1.165) is 37.4 Å². The minimum absolute atomic E-state index is 0.897. The van der Waals surface area contributed by atoms with Crippen molar-refractivity contribution in [3.8, 4) is 0 Å². The molecule has 3 heteroatoms. The van der Waals surface area contributed by atoms with Crippen LogP contribution in [-0.4, -0.2) is 24.6 Å². The topological polar surface area (TPSA) is 37.0 Å². The molecule has 0 saturated carbocycles. The molecule has 1 aromatic carbocycles. The Morgan fingerprint density at radius 2 is 2.21 bits per heavy atom. The predicted molar refractivity (Wildman–Crippen MR) is 80.5 cm³/mol. The molecule has 0 fully saturated rings. The van der Waals surface area contributed by atoms with Gasteiger partial charge in [-0.05, 0) is 37.6 Å². The molecular weight excluding hydrogens is 234 g/mol. The smallest absolute Gasteiger partial charge is 0.129 e. The zero-order chi connectivity index (χ0) is 13.1. The van der Waals surface area contributed by atoms with Gasteiger partial charge in [-0.1, -0.05) is 29.8 Å². The number of hydrogen-bond acceptors (Lipinski definition) is 3. The van der Waals surface area contributed by atoms with Crippen molar-refractivity contribution in [2.75, 3.05) is 25.0 Å². The number of nitrogens with one attached hydrogen (secondary N) is 2. The predicted octanol–water partition coefficient (Wildman–Crippen LogP) is 2.87. The lowest BCUT2D eigenvalue weighted by molar-refractivity contribution is 0.697. The first-order valence-corrected chi connectivity index (χ1v) is 6.82. The van der Waals surface area contributed by atoms with Gasteiger partial charge < -0.3 is 10.6 Å². The van der Waals surface area contributed by atoms with Gasteiger partial charge in [0, 0.05) is 18.5 Å². The van der Waals surface area contributed by atoms with E-state index < -0.39 is 0 Å². The standard InChI is InChI=1S/C16H19N3/c1-12-10-14-4-2-3-5-15(14)19-16(12)18-11-13-6-8-17-9-7-13/h2-6,10,17H,7-9,11H2,1H3,(H,18,19). The summed E-state index contributed by atoms with van der Waals surface area (Å²) in [5, 5.41) is 8.00. The summed E-state index contributed by atoms with van der Waals surface area (Å²) in [7, 11) is 0. The van der Waals surface area contributed by atoms with Gasteiger partial charge in [-0.15, -0.1) is 0 Å². The van der Waals surface area contributed by atoms with E-state index in [0.29, 0.717) is 0 Å². The van der Waals surface area contributed by atoms with Crippen LogP contribution in [0, 0.1) is 6.92 Å². The molecule has 98 valence electrons. The molecule has 2 aromatic rings. The van der Waals surface area contributed by atoms with Crippen LogP contribution in [0.2, 0.25) is 0 Å². The summed E-state index contributed by atoms with van der Waals surface area (Å²) in [4.78, 5) is 4.71. The van der Waals surface area contributed by atoms with Gasteiger partial charge in [0.1, 0.15) is 5.82 Å². The minimum atomic E-state index is 0.897. The minimum Gasteiger partial charge on any atom is -0.366 e. The van der Waals surface area contributed by atoms with E-state index >= 15 is 0 Å². The molecule has 1 aliphatic heterocycles. The van der Waals surface area contributed by atoms with Gasteiger partial charge in [0.05, 0.1) is 5.52 Å². The Hall–Kier alpha value is -1.87. The summed E-state index contributed by atoms with van der Waals surface area (Å²) in [5.41, 5.74) is 3.72. The van der Waals surface area contributed by atoms with E-state index in [1.165, 1.54) is 16.5 Å². The fourth-order valence-corrected chi connectivity index (χ4v) is 2.43. The summed E-state index contributed by atoms with van der Waals surface area (Å²) in [6, 6.07) is 10.4. The van der Waals surface area contributed by atoms with Crippen LogP contribution in [0.5, 0.6) is 0 Å². The number of nitrogens with zero attached hydrogens (tertiary/aromatic N) is 1. The Bertz CT molecular complexity index is 616. The number of fused-ring (bicyclic) bond motifs is 1. The number of anilines is 1. The first-order valence-electron chi connectivity index (χ1n) is 6.82. The lowest BCUT2D eigenvalue weighted by Crippen LogP contribution is -2.23. The highest BCUT2D eigenvalue weighted by Crippen LogP contribution is 2.20. The summed E-state index contributed by atoms with van der Waals surface area (Å²) in [5.74, 6) is 0.998. The molecular formula is C16H19N3. The molecule has 0 atom stereocenters. The third-order valence-corrected chi connectivity index (χ3v) is 3.56. The summed E-state index contributed by atoms with van der Waals surface area (Å²) < 4.78 is 0. The van der Waals surface area contributed by atoms with Crippen molar-refractivity contribution in [1.29, 1.82) is 0 Å². The van der Waals surface area contributed by atoms with E-state index in [4.69, 9.17) is 4.98 Å². The van der Waals surface area contributed by atoms with Gasteiger partial charge in [0.2, 0.25) is 0 Å². The molecule has 3 rings (SSSR count). The molecule has 0 radical (unpaired) electrons. The largest absolute Gasteiger partial charge is 0.366 e. The third kappa shape index (κ3) is 2.76. The van der Waals surface area contributed by atoms with Crippen molar-refractivity contribution in [2.24, 2.45) is 0 Å². The summed E-state index contributed by atoms with van der Waals surface area (Å²) in [6.07, 6.45) is 3.40. The van der Waals surface area contributed by atoms with Gasteiger partial charge in [-0.25, -0.2) is 4.98 Å². The van der Waals surface area contributed by atoms with Gasteiger partial charge in [0.15, 0.2) is 0 Å². The number of aromatic nitrogens is 1. The molecule has 2 N–H and O–H groups in total. The highest BCUT2D eigenvalue weighted by Gasteiger charge is 2.06. The zero-order valence-electron chi connectivity index (χ0n) is 11.2. The number of hydrogen-bond donors (Lipinski definition) is 2. The van der Waals surface area contributed by atoms with Crippen LogP contribution in [0.4, 0.5) is 5.82 Å². The molecule has 19 heavy (non-hydrogen) atoms. The first kappa shape index (κ1) is 12.2. The Labute approximate surface area is 113 Å². The average molecular weight is 253 g/mol. The van der Waals surface area contributed by atoms with E-state index in [2.05, 4.69) is 47.9 Å². The van der Waals surface area contributed by atoms with Crippen LogP contribution >= 0.6 is 0 Å². The maximum Gasteiger partial charge on any atom is 0.129 e. The molecule has 2 heterocycles. The number of rotatable bonds is 3. The van der Waals surface area contributed by atoms with E-state index in [1.807, 2.05) is 6.07 Å². The molecule has 1 aliphatic rings. The van der Waals surface area contributed by atoms with Crippen LogP contribution in [0.25, 0.3) is 10.9 Å². The van der Waals surface area contributed by atoms with Crippen LogP contribution < -0.4 is 10.6 Å².